The van der Waals surface area contributed by atoms with E-state index < -0.39 is 0 Å². The molecule has 0 aliphatic rings. The maximum Gasteiger partial charge on any atom is 0.128 e. The molecule has 0 aromatic heterocycles. The highest BCUT2D eigenvalue weighted by molar-refractivity contribution is 5.27. The number of hydrogen-bond donors (Lipinski definition) is 0. The van der Waals surface area contributed by atoms with Crippen LogP contribution >= 0.6 is 0 Å². The number of benzene rings is 3. The molecular formula is C24H26O4. The first-order valence-corrected chi connectivity index (χ1v) is 9.38. The summed E-state index contributed by atoms with van der Waals surface area (Å²) >= 11 is 0. The zero-order valence-electron chi connectivity index (χ0n) is 16.3. The number of para-hydroxylation sites is 2. The number of ether oxygens (including phenoxy) is 4. The highest BCUT2D eigenvalue weighted by atomic mass is 16.6. The number of rotatable bonds is 10. The monoisotopic (exact) mass is 378 g/mol. The van der Waals surface area contributed by atoms with Gasteiger partial charge in [0, 0.05) is 0 Å². The smallest absolute Gasteiger partial charge is 0.128 e. The van der Waals surface area contributed by atoms with Gasteiger partial charge < -0.3 is 18.9 Å². The van der Waals surface area contributed by atoms with Gasteiger partial charge in [-0.25, -0.2) is 0 Å². The topological polar surface area (TPSA) is 36.9 Å². The quantitative estimate of drug-likeness (QED) is 0.490. The second-order valence-electron chi connectivity index (χ2n) is 6.46. The summed E-state index contributed by atoms with van der Waals surface area (Å²) in [6, 6.07) is 27.3. The Kier molecular flexibility index (Phi) is 7.33. The molecular weight excluding hydrogens is 352 g/mol. The predicted molar refractivity (Wildman–Crippen MR) is 110 cm³/mol. The van der Waals surface area contributed by atoms with Crippen LogP contribution in [0.2, 0.25) is 0 Å². The van der Waals surface area contributed by atoms with Gasteiger partial charge >= 0.3 is 0 Å². The number of hydrogen-bond acceptors (Lipinski definition) is 4. The fourth-order valence-corrected chi connectivity index (χ4v) is 2.73. The normalized spacial score (nSPS) is 12.8. The van der Waals surface area contributed by atoms with Gasteiger partial charge in [0.1, 0.15) is 36.1 Å². The Morgan fingerprint density at radius 3 is 1.93 bits per heavy atom. The summed E-state index contributed by atoms with van der Waals surface area (Å²) < 4.78 is 23.4. The van der Waals surface area contributed by atoms with Crippen molar-refractivity contribution >= 4 is 0 Å². The number of methoxy groups -OCH3 is 1. The Bertz CT molecular complexity index is 803. The lowest BCUT2D eigenvalue weighted by molar-refractivity contribution is -0.0499. The zero-order valence-corrected chi connectivity index (χ0v) is 16.3. The zero-order chi connectivity index (χ0) is 19.6. The first kappa shape index (κ1) is 19.8. The van der Waals surface area contributed by atoms with Gasteiger partial charge in [-0.05, 0) is 48.9 Å². The van der Waals surface area contributed by atoms with Crippen LogP contribution in [0.1, 0.15) is 12.5 Å². The molecule has 0 fully saturated rings. The van der Waals surface area contributed by atoms with Crippen LogP contribution in [-0.2, 0) is 11.3 Å². The summed E-state index contributed by atoms with van der Waals surface area (Å²) in [5.74, 6) is 2.45. The first-order valence-electron chi connectivity index (χ1n) is 9.38. The maximum atomic E-state index is 6.17. The van der Waals surface area contributed by atoms with Gasteiger partial charge in [0.15, 0.2) is 0 Å². The van der Waals surface area contributed by atoms with E-state index in [1.807, 2.05) is 91.9 Å². The molecule has 0 bridgehead atoms. The van der Waals surface area contributed by atoms with Crippen LogP contribution in [0.3, 0.4) is 0 Å². The molecule has 2 atom stereocenters. The lowest BCUT2D eigenvalue weighted by Gasteiger charge is -2.25. The van der Waals surface area contributed by atoms with Gasteiger partial charge in [-0.3, -0.25) is 0 Å². The highest BCUT2D eigenvalue weighted by Crippen LogP contribution is 2.18. The largest absolute Gasteiger partial charge is 0.497 e. The van der Waals surface area contributed by atoms with E-state index >= 15 is 0 Å². The molecule has 28 heavy (non-hydrogen) atoms. The van der Waals surface area contributed by atoms with Crippen molar-refractivity contribution in [1.82, 2.24) is 0 Å². The molecule has 0 unspecified atom stereocenters. The summed E-state index contributed by atoms with van der Waals surface area (Å²) in [4.78, 5) is 0. The third kappa shape index (κ3) is 6.03. The molecule has 0 N–H and O–H groups in total. The van der Waals surface area contributed by atoms with Gasteiger partial charge in [-0.2, -0.15) is 0 Å². The average molecular weight is 378 g/mol. The second kappa shape index (κ2) is 10.4. The molecule has 0 heterocycles. The Morgan fingerprint density at radius 1 is 0.714 bits per heavy atom. The second-order valence-corrected chi connectivity index (χ2v) is 6.46. The van der Waals surface area contributed by atoms with Gasteiger partial charge in [0.25, 0.3) is 0 Å². The Labute approximate surface area is 166 Å². The summed E-state index contributed by atoms with van der Waals surface area (Å²) in [6.07, 6.45) is -0.410. The third-order valence-electron chi connectivity index (χ3n) is 4.37. The molecule has 0 saturated carbocycles. The van der Waals surface area contributed by atoms with Gasteiger partial charge in [0.05, 0.1) is 13.7 Å². The molecule has 3 aromatic carbocycles. The van der Waals surface area contributed by atoms with Gasteiger partial charge in [0.2, 0.25) is 0 Å². The van der Waals surface area contributed by atoms with Crippen LogP contribution < -0.4 is 14.2 Å². The van der Waals surface area contributed by atoms with Crippen molar-refractivity contribution in [2.45, 2.75) is 25.7 Å². The third-order valence-corrected chi connectivity index (χ3v) is 4.37. The molecule has 0 saturated heterocycles. The van der Waals surface area contributed by atoms with Crippen LogP contribution in [-0.4, -0.2) is 25.9 Å². The minimum Gasteiger partial charge on any atom is -0.497 e. The van der Waals surface area contributed by atoms with Gasteiger partial charge in [-0.15, -0.1) is 0 Å². The van der Waals surface area contributed by atoms with Crippen molar-refractivity contribution in [1.29, 1.82) is 0 Å². The van der Waals surface area contributed by atoms with Crippen LogP contribution in [0.25, 0.3) is 0 Å². The Hall–Kier alpha value is -2.98. The van der Waals surface area contributed by atoms with E-state index in [9.17, 15) is 0 Å². The van der Waals surface area contributed by atoms with Crippen LogP contribution in [0.4, 0.5) is 0 Å². The lowest BCUT2D eigenvalue weighted by Crippen LogP contribution is -2.36. The first-order chi connectivity index (χ1) is 13.7. The van der Waals surface area contributed by atoms with Crippen molar-refractivity contribution in [3.05, 3.63) is 90.5 Å². The van der Waals surface area contributed by atoms with Crippen molar-refractivity contribution in [3.63, 3.8) is 0 Å². The van der Waals surface area contributed by atoms with Crippen molar-refractivity contribution < 1.29 is 18.9 Å². The summed E-state index contributed by atoms with van der Waals surface area (Å²) in [7, 11) is 1.66. The van der Waals surface area contributed by atoms with Crippen LogP contribution in [0, 0.1) is 0 Å². The summed E-state index contributed by atoms with van der Waals surface area (Å²) in [5.41, 5.74) is 1.07. The maximum absolute atomic E-state index is 6.17. The van der Waals surface area contributed by atoms with E-state index in [4.69, 9.17) is 18.9 Å². The van der Waals surface area contributed by atoms with E-state index in [2.05, 4.69) is 0 Å². The minimum atomic E-state index is -0.234. The fraction of sp³-hybridized carbons (Fsp3) is 0.250. The SMILES string of the molecule is COc1ccc(CO[C@H](COc2ccccc2)[C@H](C)Oc2ccccc2)cc1. The molecule has 0 amide bonds. The fourth-order valence-electron chi connectivity index (χ4n) is 2.73. The van der Waals surface area contributed by atoms with Crippen LogP contribution in [0.15, 0.2) is 84.9 Å². The summed E-state index contributed by atoms with van der Waals surface area (Å²) in [5, 5.41) is 0. The molecule has 4 heteroatoms. The van der Waals surface area contributed by atoms with Crippen molar-refractivity contribution in [2.24, 2.45) is 0 Å². The molecule has 4 nitrogen and oxygen atoms in total. The van der Waals surface area contributed by atoms with E-state index in [1.165, 1.54) is 0 Å². The van der Waals surface area contributed by atoms with Crippen molar-refractivity contribution in [3.8, 4) is 17.2 Å². The lowest BCUT2D eigenvalue weighted by atomic mass is 10.2. The molecule has 3 aromatic rings. The van der Waals surface area contributed by atoms with Crippen LogP contribution in [0.5, 0.6) is 17.2 Å². The molecule has 0 spiro atoms. The Morgan fingerprint density at radius 2 is 1.32 bits per heavy atom. The summed E-state index contributed by atoms with van der Waals surface area (Å²) in [6.45, 7) is 2.86. The molecule has 0 aliphatic heterocycles. The molecule has 146 valence electrons. The predicted octanol–water partition coefficient (Wildman–Crippen LogP) is 5.13. The van der Waals surface area contributed by atoms with E-state index in [1.54, 1.807) is 7.11 Å². The molecule has 3 rings (SSSR count). The molecule has 0 radical (unpaired) electrons. The van der Waals surface area contributed by atoms with E-state index in [0.29, 0.717) is 13.2 Å². The molecule has 0 aliphatic carbocycles. The minimum absolute atomic E-state index is 0.177. The van der Waals surface area contributed by atoms with Gasteiger partial charge in [-0.1, -0.05) is 48.5 Å². The average Bonchev–Trinajstić information content (AvgIpc) is 2.75. The Balaban J connectivity index is 1.63. The highest BCUT2D eigenvalue weighted by Gasteiger charge is 2.21. The standard InChI is InChI=1S/C24H26O4/c1-19(28-23-11-7-4-8-12-23)24(18-26-22-9-5-3-6-10-22)27-17-20-13-15-21(25-2)16-14-20/h3-16,19,24H,17-18H2,1-2H3/t19-,24+/m0/s1. The van der Waals surface area contributed by atoms with E-state index in [-0.39, 0.29) is 12.2 Å². The van der Waals surface area contributed by atoms with E-state index in [0.717, 1.165) is 22.8 Å². The van der Waals surface area contributed by atoms with Crippen molar-refractivity contribution in [2.75, 3.05) is 13.7 Å².